The van der Waals surface area contributed by atoms with Gasteiger partial charge in [-0.3, -0.25) is 9.59 Å². The molecule has 2 amide bonds. The van der Waals surface area contributed by atoms with Gasteiger partial charge in [0.1, 0.15) is 6.04 Å². The number of amides is 2. The van der Waals surface area contributed by atoms with Crippen LogP contribution in [0.15, 0.2) is 53.4 Å². The van der Waals surface area contributed by atoms with E-state index in [1.165, 1.54) is 12.1 Å². The molecule has 2 aromatic rings. The van der Waals surface area contributed by atoms with E-state index >= 15 is 0 Å². The number of carboxylic acids is 1. The number of aliphatic carboxylic acids is 1. The molecule has 4 N–H and O–H groups in total. The van der Waals surface area contributed by atoms with Gasteiger partial charge in [-0.05, 0) is 81.1 Å². The quantitative estimate of drug-likeness (QED) is 0.360. The lowest BCUT2D eigenvalue weighted by Gasteiger charge is -2.34. The van der Waals surface area contributed by atoms with Crippen LogP contribution in [0.3, 0.4) is 0 Å². The second-order valence-corrected chi connectivity index (χ2v) is 13.2. The molecule has 2 fully saturated rings. The lowest BCUT2D eigenvalue weighted by molar-refractivity contribution is -0.147. The molecule has 0 radical (unpaired) electrons. The number of hydrogen-bond donors (Lipinski definition) is 4. The van der Waals surface area contributed by atoms with Gasteiger partial charge in [-0.2, -0.15) is 0 Å². The first-order valence-corrected chi connectivity index (χ1v) is 15.1. The summed E-state index contributed by atoms with van der Waals surface area (Å²) in [6, 6.07) is 10.1. The second kappa shape index (κ2) is 12.1. The SMILES string of the molecule is Cc1ccc(S(=O)(=O)N(C(=O)[C@H]2NCCC2(C)C)[C@@H](Cc2ccc(NC(=O)C3CCNCC3)cc2)C(=O)O)cc1. The highest BCUT2D eigenvalue weighted by Crippen LogP contribution is 2.33. The van der Waals surface area contributed by atoms with Gasteiger partial charge in [-0.1, -0.05) is 43.7 Å². The van der Waals surface area contributed by atoms with Gasteiger partial charge in [0.2, 0.25) is 5.91 Å². The van der Waals surface area contributed by atoms with Gasteiger partial charge < -0.3 is 21.1 Å². The van der Waals surface area contributed by atoms with Gasteiger partial charge in [0, 0.05) is 18.0 Å². The smallest absolute Gasteiger partial charge is 0.328 e. The van der Waals surface area contributed by atoms with E-state index in [2.05, 4.69) is 16.0 Å². The summed E-state index contributed by atoms with van der Waals surface area (Å²) in [6.45, 7) is 7.63. The molecule has 2 heterocycles. The molecule has 2 atom stereocenters. The molecule has 0 unspecified atom stereocenters. The van der Waals surface area contributed by atoms with Gasteiger partial charge in [-0.15, -0.1) is 0 Å². The van der Waals surface area contributed by atoms with Crippen LogP contribution in [-0.4, -0.2) is 67.3 Å². The number of carboxylic acid groups (broad SMARTS) is 1. The zero-order chi connectivity index (χ0) is 29.1. The molecule has 0 saturated carbocycles. The number of carbonyl (C=O) groups excluding carboxylic acids is 2. The summed E-state index contributed by atoms with van der Waals surface area (Å²) >= 11 is 0. The molecule has 40 heavy (non-hydrogen) atoms. The Morgan fingerprint density at radius 2 is 1.65 bits per heavy atom. The molecule has 0 bridgehead atoms. The molecular weight excluding hydrogens is 532 g/mol. The number of rotatable bonds is 9. The number of nitrogens with one attached hydrogen (secondary N) is 3. The van der Waals surface area contributed by atoms with Gasteiger partial charge in [0.15, 0.2) is 0 Å². The lowest BCUT2D eigenvalue weighted by atomic mass is 9.84. The van der Waals surface area contributed by atoms with E-state index in [1.807, 2.05) is 20.8 Å². The lowest BCUT2D eigenvalue weighted by Crippen LogP contribution is -2.57. The first-order chi connectivity index (χ1) is 18.9. The van der Waals surface area contributed by atoms with Crippen molar-refractivity contribution >= 4 is 33.5 Å². The van der Waals surface area contributed by atoms with E-state index in [-0.39, 0.29) is 23.1 Å². The third-order valence-electron chi connectivity index (χ3n) is 7.87. The van der Waals surface area contributed by atoms with Crippen LogP contribution in [-0.2, 0) is 30.8 Å². The first kappa shape index (κ1) is 29.7. The van der Waals surface area contributed by atoms with Crippen LogP contribution in [0, 0.1) is 18.3 Å². The number of hydrogen-bond acceptors (Lipinski definition) is 7. The predicted molar refractivity (Wildman–Crippen MR) is 151 cm³/mol. The van der Waals surface area contributed by atoms with Gasteiger partial charge in [0.05, 0.1) is 10.9 Å². The number of sulfonamides is 1. The molecule has 2 aliphatic heterocycles. The van der Waals surface area contributed by atoms with E-state index in [4.69, 9.17) is 0 Å². The van der Waals surface area contributed by atoms with Crippen LogP contribution < -0.4 is 16.0 Å². The normalized spacial score (nSPS) is 20.0. The fourth-order valence-corrected chi connectivity index (χ4v) is 6.87. The van der Waals surface area contributed by atoms with Gasteiger partial charge in [0.25, 0.3) is 15.9 Å². The molecule has 10 nitrogen and oxygen atoms in total. The molecule has 2 aromatic carbocycles. The number of carbonyl (C=O) groups is 3. The topological polar surface area (TPSA) is 145 Å². The van der Waals surface area contributed by atoms with Crippen molar-refractivity contribution in [3.8, 4) is 0 Å². The van der Waals surface area contributed by atoms with Crippen LogP contribution in [0.5, 0.6) is 0 Å². The molecule has 0 aliphatic carbocycles. The predicted octanol–water partition coefficient (Wildman–Crippen LogP) is 2.53. The van der Waals surface area contributed by atoms with Crippen LogP contribution in [0.4, 0.5) is 5.69 Å². The summed E-state index contributed by atoms with van der Waals surface area (Å²) in [4.78, 5) is 38.9. The molecule has 2 aliphatic rings. The number of piperidine rings is 1. The standard InChI is InChI=1S/C29H38N4O6S/c1-19-4-10-23(11-5-19)40(38,39)33(27(35)25-29(2,3)14-17-31-25)24(28(36)37)18-20-6-8-22(9-7-20)32-26(34)21-12-15-30-16-13-21/h4-11,21,24-25,30-31H,12-18H2,1-3H3,(H,32,34)(H,36,37)/t24-,25+/m0/s1. The monoisotopic (exact) mass is 570 g/mol. The summed E-state index contributed by atoms with van der Waals surface area (Å²) in [5.74, 6) is -2.35. The van der Waals surface area contributed by atoms with Crippen LogP contribution in [0.1, 0.15) is 44.2 Å². The zero-order valence-corrected chi connectivity index (χ0v) is 24.0. The minimum absolute atomic E-state index is 0.0645. The molecule has 4 rings (SSSR count). The average molecular weight is 571 g/mol. The van der Waals surface area contributed by atoms with Crippen molar-refractivity contribution in [1.29, 1.82) is 0 Å². The molecule has 11 heteroatoms. The Morgan fingerprint density at radius 3 is 2.20 bits per heavy atom. The fourth-order valence-electron chi connectivity index (χ4n) is 5.32. The van der Waals surface area contributed by atoms with Crippen molar-refractivity contribution < 1.29 is 27.9 Å². The summed E-state index contributed by atoms with van der Waals surface area (Å²) in [6.07, 6.45) is 1.93. The summed E-state index contributed by atoms with van der Waals surface area (Å²) in [5.41, 5.74) is 1.35. The van der Waals surface area contributed by atoms with Crippen molar-refractivity contribution in [3.63, 3.8) is 0 Å². The maximum absolute atomic E-state index is 13.9. The Bertz CT molecular complexity index is 1340. The maximum atomic E-state index is 13.9. The van der Waals surface area contributed by atoms with Crippen molar-refractivity contribution in [1.82, 2.24) is 14.9 Å². The maximum Gasteiger partial charge on any atom is 0.328 e. The van der Waals surface area contributed by atoms with E-state index in [1.54, 1.807) is 36.4 Å². The van der Waals surface area contributed by atoms with Crippen molar-refractivity contribution in [2.24, 2.45) is 11.3 Å². The summed E-state index contributed by atoms with van der Waals surface area (Å²) < 4.78 is 28.3. The van der Waals surface area contributed by atoms with Crippen LogP contribution in [0.25, 0.3) is 0 Å². The van der Waals surface area contributed by atoms with Crippen LogP contribution in [0.2, 0.25) is 0 Å². The molecular formula is C29H38N4O6S. The van der Waals surface area contributed by atoms with Gasteiger partial charge >= 0.3 is 5.97 Å². The van der Waals surface area contributed by atoms with Crippen molar-refractivity contribution in [2.45, 2.75) is 63.4 Å². The minimum atomic E-state index is -4.50. The highest BCUT2D eigenvalue weighted by Gasteiger charge is 2.48. The highest BCUT2D eigenvalue weighted by atomic mass is 32.2. The second-order valence-electron chi connectivity index (χ2n) is 11.3. The largest absolute Gasteiger partial charge is 0.480 e. The van der Waals surface area contributed by atoms with Crippen molar-refractivity contribution in [2.75, 3.05) is 25.0 Å². The first-order valence-electron chi connectivity index (χ1n) is 13.6. The van der Waals surface area contributed by atoms with E-state index < -0.39 is 39.4 Å². The van der Waals surface area contributed by atoms with E-state index in [0.29, 0.717) is 28.5 Å². The Balaban J connectivity index is 1.62. The Morgan fingerprint density at radius 1 is 1.02 bits per heavy atom. The molecule has 0 spiro atoms. The summed E-state index contributed by atoms with van der Waals surface area (Å²) in [5, 5.41) is 19.5. The zero-order valence-electron chi connectivity index (χ0n) is 23.1. The summed E-state index contributed by atoms with van der Waals surface area (Å²) in [7, 11) is -4.50. The van der Waals surface area contributed by atoms with Gasteiger partial charge in [-0.25, -0.2) is 17.5 Å². The minimum Gasteiger partial charge on any atom is -0.480 e. The van der Waals surface area contributed by atoms with Crippen LogP contribution >= 0.6 is 0 Å². The third-order valence-corrected chi connectivity index (χ3v) is 9.69. The van der Waals surface area contributed by atoms with Crippen molar-refractivity contribution in [3.05, 3.63) is 59.7 Å². The third kappa shape index (κ3) is 6.54. The van der Waals surface area contributed by atoms with E-state index in [0.717, 1.165) is 31.5 Å². The Labute approximate surface area is 235 Å². The number of benzene rings is 2. The molecule has 0 aromatic heterocycles. The highest BCUT2D eigenvalue weighted by molar-refractivity contribution is 7.89. The number of nitrogens with zero attached hydrogens (tertiary/aromatic N) is 1. The Kier molecular flexibility index (Phi) is 8.96. The molecule has 216 valence electrons. The number of anilines is 1. The molecule has 2 saturated heterocycles. The number of aryl methyl sites for hydroxylation is 1. The Hall–Kier alpha value is -3.28. The fraction of sp³-hybridized carbons (Fsp3) is 0.483. The average Bonchev–Trinajstić information content (AvgIpc) is 3.28. The van der Waals surface area contributed by atoms with E-state index in [9.17, 15) is 27.9 Å².